The molecule has 0 saturated heterocycles. The van der Waals surface area contributed by atoms with Gasteiger partial charge in [0.25, 0.3) is 5.91 Å². The van der Waals surface area contributed by atoms with E-state index in [4.69, 9.17) is 4.42 Å². The van der Waals surface area contributed by atoms with Crippen molar-refractivity contribution in [2.75, 3.05) is 0 Å². The van der Waals surface area contributed by atoms with Crippen molar-refractivity contribution in [1.82, 2.24) is 15.1 Å². The molecule has 0 unspecified atom stereocenters. The summed E-state index contributed by atoms with van der Waals surface area (Å²) >= 11 is 0. The number of amides is 1. The van der Waals surface area contributed by atoms with Crippen molar-refractivity contribution in [1.29, 1.82) is 0 Å². The molecule has 0 radical (unpaired) electrons. The first-order valence-corrected chi connectivity index (χ1v) is 9.26. The average Bonchev–Trinajstić information content (AvgIpc) is 3.40. The summed E-state index contributed by atoms with van der Waals surface area (Å²) in [5, 5.41) is 6.04. The van der Waals surface area contributed by atoms with E-state index < -0.39 is 35.0 Å². The number of alkyl halides is 3. The normalized spacial score (nSPS) is 11.5. The summed E-state index contributed by atoms with van der Waals surface area (Å²) in [7, 11) is 0. The van der Waals surface area contributed by atoms with Crippen LogP contribution in [0.25, 0.3) is 17.0 Å². The van der Waals surface area contributed by atoms with Crippen LogP contribution in [-0.4, -0.2) is 15.7 Å². The maximum Gasteiger partial charge on any atom is 0.434 e. The molecule has 0 aliphatic heterocycles. The maximum absolute atomic E-state index is 13.7. The zero-order chi connectivity index (χ0) is 22.9. The molecule has 4 aromatic rings. The van der Waals surface area contributed by atoms with Crippen molar-refractivity contribution in [3.8, 4) is 17.0 Å². The summed E-state index contributed by atoms with van der Waals surface area (Å²) in [4.78, 5) is 12.5. The number of halogens is 5. The lowest BCUT2D eigenvalue weighted by Crippen LogP contribution is -2.26. The van der Waals surface area contributed by atoms with Crippen LogP contribution in [-0.2, 0) is 12.7 Å². The van der Waals surface area contributed by atoms with Gasteiger partial charge in [-0.25, -0.2) is 13.5 Å². The van der Waals surface area contributed by atoms with E-state index >= 15 is 0 Å². The van der Waals surface area contributed by atoms with E-state index in [0.717, 1.165) is 30.5 Å². The Morgan fingerprint density at radius 3 is 2.19 bits per heavy atom. The fraction of sp³-hybridized carbons (Fsp3) is 0.0909. The SMILES string of the molecule is O=C(NCc1ccc(-c2ccc(F)cc2)o1)c1cnn(-c2ccc(F)cc2)c1C(F)(F)F. The van der Waals surface area contributed by atoms with Crippen molar-refractivity contribution in [3.05, 3.63) is 95.5 Å². The highest BCUT2D eigenvalue weighted by Crippen LogP contribution is 2.33. The maximum atomic E-state index is 13.7. The summed E-state index contributed by atoms with van der Waals surface area (Å²) in [5.41, 5.74) is -1.42. The topological polar surface area (TPSA) is 60.1 Å². The lowest BCUT2D eigenvalue weighted by atomic mass is 10.2. The molecule has 10 heteroatoms. The number of nitrogens with zero attached hydrogens (tertiary/aromatic N) is 2. The number of nitrogens with one attached hydrogen (secondary N) is 1. The Labute approximate surface area is 178 Å². The van der Waals surface area contributed by atoms with Crippen molar-refractivity contribution in [2.45, 2.75) is 12.7 Å². The number of aromatic nitrogens is 2. The third-order valence-electron chi connectivity index (χ3n) is 4.57. The van der Waals surface area contributed by atoms with Crippen LogP contribution in [0.3, 0.4) is 0 Å². The first-order valence-electron chi connectivity index (χ1n) is 9.26. The largest absolute Gasteiger partial charge is 0.459 e. The van der Waals surface area contributed by atoms with E-state index in [1.54, 1.807) is 12.1 Å². The average molecular weight is 447 g/mol. The predicted octanol–water partition coefficient (Wildman–Crippen LogP) is 5.36. The van der Waals surface area contributed by atoms with Crippen LogP contribution < -0.4 is 5.32 Å². The van der Waals surface area contributed by atoms with Gasteiger partial charge in [0.05, 0.1) is 24.0 Å². The number of carbonyl (C=O) groups excluding carboxylic acids is 1. The van der Waals surface area contributed by atoms with Gasteiger partial charge in [0.1, 0.15) is 23.2 Å². The Morgan fingerprint density at radius 1 is 0.938 bits per heavy atom. The number of hydrogen-bond donors (Lipinski definition) is 1. The van der Waals surface area contributed by atoms with Crippen LogP contribution in [0.15, 0.2) is 71.3 Å². The van der Waals surface area contributed by atoms with Gasteiger partial charge >= 0.3 is 6.18 Å². The van der Waals surface area contributed by atoms with Gasteiger partial charge in [-0.05, 0) is 60.7 Å². The molecule has 1 amide bonds. The van der Waals surface area contributed by atoms with E-state index in [-0.39, 0.29) is 18.0 Å². The Hall–Kier alpha value is -3.95. The van der Waals surface area contributed by atoms with E-state index in [1.807, 2.05) is 0 Å². The molecule has 0 atom stereocenters. The number of hydrogen-bond acceptors (Lipinski definition) is 3. The van der Waals surface area contributed by atoms with Crippen molar-refractivity contribution in [2.24, 2.45) is 0 Å². The van der Waals surface area contributed by atoms with Crippen LogP contribution in [0.4, 0.5) is 22.0 Å². The smallest absolute Gasteiger partial charge is 0.434 e. The second kappa shape index (κ2) is 8.29. The molecule has 32 heavy (non-hydrogen) atoms. The monoisotopic (exact) mass is 447 g/mol. The third kappa shape index (κ3) is 4.39. The van der Waals surface area contributed by atoms with E-state index in [9.17, 15) is 26.7 Å². The standard InChI is InChI=1S/C22H14F5N3O2/c23-14-3-1-13(2-4-14)19-10-9-17(32-19)11-28-21(31)18-12-29-30(20(18)22(25,26)27)16-7-5-15(24)6-8-16/h1-10,12H,11H2,(H,28,31). The molecule has 5 nitrogen and oxygen atoms in total. The number of rotatable bonds is 5. The Kier molecular flexibility index (Phi) is 5.52. The van der Waals surface area contributed by atoms with Gasteiger partial charge in [-0.2, -0.15) is 18.3 Å². The van der Waals surface area contributed by atoms with Gasteiger partial charge in [-0.3, -0.25) is 4.79 Å². The van der Waals surface area contributed by atoms with E-state index in [0.29, 0.717) is 16.0 Å². The first kappa shape index (κ1) is 21.3. The molecule has 2 aromatic carbocycles. The van der Waals surface area contributed by atoms with Crippen LogP contribution in [0, 0.1) is 11.6 Å². The minimum absolute atomic E-state index is 0.0484. The van der Waals surface area contributed by atoms with Gasteiger partial charge < -0.3 is 9.73 Å². The highest BCUT2D eigenvalue weighted by Gasteiger charge is 2.40. The first-order chi connectivity index (χ1) is 15.2. The zero-order valence-corrected chi connectivity index (χ0v) is 16.2. The molecule has 0 bridgehead atoms. The van der Waals surface area contributed by atoms with Gasteiger partial charge in [0, 0.05) is 5.56 Å². The Bertz CT molecular complexity index is 1240. The molecule has 1 N–H and O–H groups in total. The fourth-order valence-electron chi connectivity index (χ4n) is 3.07. The fourth-order valence-corrected chi connectivity index (χ4v) is 3.07. The van der Waals surface area contributed by atoms with Crippen molar-refractivity contribution in [3.63, 3.8) is 0 Å². The lowest BCUT2D eigenvalue weighted by Gasteiger charge is -2.12. The summed E-state index contributed by atoms with van der Waals surface area (Å²) < 4.78 is 73.3. The summed E-state index contributed by atoms with van der Waals surface area (Å²) in [6.07, 6.45) is -4.09. The lowest BCUT2D eigenvalue weighted by molar-refractivity contribution is -0.143. The molecule has 2 aromatic heterocycles. The van der Waals surface area contributed by atoms with Gasteiger partial charge in [-0.15, -0.1) is 0 Å². The zero-order valence-electron chi connectivity index (χ0n) is 16.2. The Morgan fingerprint density at radius 2 is 1.56 bits per heavy atom. The van der Waals surface area contributed by atoms with Gasteiger partial charge in [0.2, 0.25) is 0 Å². The molecular weight excluding hydrogens is 433 g/mol. The number of benzene rings is 2. The van der Waals surface area contributed by atoms with E-state index in [2.05, 4.69) is 10.4 Å². The quantitative estimate of drug-likeness (QED) is 0.419. The third-order valence-corrected chi connectivity index (χ3v) is 4.57. The summed E-state index contributed by atoms with van der Waals surface area (Å²) in [6, 6.07) is 12.9. The molecule has 0 saturated carbocycles. The molecule has 0 fully saturated rings. The number of carbonyl (C=O) groups is 1. The van der Waals surface area contributed by atoms with Crippen LogP contribution in [0.1, 0.15) is 21.8 Å². The molecule has 164 valence electrons. The molecule has 4 rings (SSSR count). The van der Waals surface area contributed by atoms with E-state index in [1.165, 1.54) is 24.3 Å². The number of furan rings is 1. The minimum atomic E-state index is -4.89. The highest BCUT2D eigenvalue weighted by atomic mass is 19.4. The highest BCUT2D eigenvalue weighted by molar-refractivity contribution is 5.95. The predicted molar refractivity (Wildman–Crippen MR) is 104 cm³/mol. The molecule has 0 aliphatic carbocycles. The van der Waals surface area contributed by atoms with Crippen molar-refractivity contribution >= 4 is 5.91 Å². The summed E-state index contributed by atoms with van der Waals surface area (Å²) in [5.74, 6) is -1.34. The minimum Gasteiger partial charge on any atom is -0.459 e. The van der Waals surface area contributed by atoms with Crippen LogP contribution >= 0.6 is 0 Å². The van der Waals surface area contributed by atoms with Crippen molar-refractivity contribution < 1.29 is 31.2 Å². The summed E-state index contributed by atoms with van der Waals surface area (Å²) in [6.45, 7) is -0.181. The van der Waals surface area contributed by atoms with Gasteiger partial charge in [-0.1, -0.05) is 0 Å². The molecule has 0 spiro atoms. The second-order valence-electron chi connectivity index (χ2n) is 6.75. The van der Waals surface area contributed by atoms with Gasteiger partial charge in [0.15, 0.2) is 5.69 Å². The molecule has 2 heterocycles. The molecular formula is C22H14F5N3O2. The van der Waals surface area contributed by atoms with Crippen LogP contribution in [0.2, 0.25) is 0 Å². The Balaban J connectivity index is 1.54. The van der Waals surface area contributed by atoms with Crippen LogP contribution in [0.5, 0.6) is 0 Å². The second-order valence-corrected chi connectivity index (χ2v) is 6.75. The molecule has 0 aliphatic rings.